The standard InChI is InChI=1S/C13H24N2O2S2/c1-6-13(4,5)15-19(16,17)12-7-11(9-18-12)8-14-10(2)3/h7,9-10,14-15H,6,8H2,1-5H3. The quantitative estimate of drug-likeness (QED) is 0.814. The van der Waals surface area contributed by atoms with Gasteiger partial charge in [-0.05, 0) is 37.3 Å². The molecule has 0 unspecified atom stereocenters. The average molecular weight is 304 g/mol. The van der Waals surface area contributed by atoms with Crippen molar-refractivity contribution in [3.05, 3.63) is 17.0 Å². The van der Waals surface area contributed by atoms with Gasteiger partial charge in [0.25, 0.3) is 10.0 Å². The van der Waals surface area contributed by atoms with Crippen LogP contribution in [0.4, 0.5) is 0 Å². The number of sulfonamides is 1. The Morgan fingerprint density at radius 2 is 2.00 bits per heavy atom. The van der Waals surface area contributed by atoms with E-state index in [4.69, 9.17) is 0 Å². The summed E-state index contributed by atoms with van der Waals surface area (Å²) in [6.07, 6.45) is 0.749. The number of rotatable bonds is 7. The van der Waals surface area contributed by atoms with Crippen LogP contribution in [0.1, 0.15) is 46.6 Å². The third-order valence-electron chi connectivity index (χ3n) is 2.90. The molecule has 0 aliphatic carbocycles. The van der Waals surface area contributed by atoms with Gasteiger partial charge >= 0.3 is 0 Å². The minimum Gasteiger partial charge on any atom is -0.310 e. The zero-order valence-corrected chi connectivity index (χ0v) is 13.9. The van der Waals surface area contributed by atoms with Crippen LogP contribution in [0.15, 0.2) is 15.7 Å². The molecule has 0 saturated carbocycles. The highest BCUT2D eigenvalue weighted by molar-refractivity contribution is 7.91. The summed E-state index contributed by atoms with van der Waals surface area (Å²) < 4.78 is 27.6. The van der Waals surface area contributed by atoms with Gasteiger partial charge in [-0.2, -0.15) is 0 Å². The van der Waals surface area contributed by atoms with Gasteiger partial charge in [-0.15, -0.1) is 11.3 Å². The first-order chi connectivity index (χ1) is 8.66. The lowest BCUT2D eigenvalue weighted by molar-refractivity contribution is 0.440. The Bertz CT molecular complexity index is 504. The van der Waals surface area contributed by atoms with Crippen LogP contribution in [0.3, 0.4) is 0 Å². The van der Waals surface area contributed by atoms with Gasteiger partial charge in [-0.25, -0.2) is 13.1 Å². The summed E-state index contributed by atoms with van der Waals surface area (Å²) in [6.45, 7) is 10.6. The lowest BCUT2D eigenvalue weighted by Gasteiger charge is -2.23. The van der Waals surface area contributed by atoms with E-state index in [1.54, 1.807) is 6.07 Å². The SMILES string of the molecule is CCC(C)(C)NS(=O)(=O)c1cc(CNC(C)C)cs1. The maximum atomic E-state index is 12.2. The molecule has 0 aliphatic heterocycles. The van der Waals surface area contributed by atoms with Gasteiger partial charge in [-0.1, -0.05) is 20.8 Å². The summed E-state index contributed by atoms with van der Waals surface area (Å²) in [5.74, 6) is 0. The van der Waals surface area contributed by atoms with E-state index in [9.17, 15) is 8.42 Å². The van der Waals surface area contributed by atoms with Crippen molar-refractivity contribution in [2.75, 3.05) is 0 Å². The Balaban J connectivity index is 2.80. The predicted molar refractivity (Wildman–Crippen MR) is 81.0 cm³/mol. The van der Waals surface area contributed by atoms with Gasteiger partial charge in [0.1, 0.15) is 4.21 Å². The highest BCUT2D eigenvalue weighted by Crippen LogP contribution is 2.22. The van der Waals surface area contributed by atoms with Crippen molar-refractivity contribution in [2.24, 2.45) is 0 Å². The second-order valence-electron chi connectivity index (χ2n) is 5.65. The van der Waals surface area contributed by atoms with E-state index in [0.717, 1.165) is 12.0 Å². The predicted octanol–water partition coefficient (Wildman–Crippen LogP) is 2.71. The van der Waals surface area contributed by atoms with Crippen LogP contribution in [0.2, 0.25) is 0 Å². The molecular formula is C13H24N2O2S2. The van der Waals surface area contributed by atoms with Crippen molar-refractivity contribution in [3.8, 4) is 0 Å². The van der Waals surface area contributed by atoms with Gasteiger partial charge in [-0.3, -0.25) is 0 Å². The molecule has 1 heterocycles. The number of thiophene rings is 1. The molecule has 19 heavy (non-hydrogen) atoms. The molecule has 0 bridgehead atoms. The molecule has 0 amide bonds. The molecule has 0 saturated heterocycles. The van der Waals surface area contributed by atoms with Crippen LogP contribution in [0.5, 0.6) is 0 Å². The van der Waals surface area contributed by atoms with Crippen molar-refractivity contribution in [3.63, 3.8) is 0 Å². The number of hydrogen-bond acceptors (Lipinski definition) is 4. The molecule has 1 aromatic rings. The fraction of sp³-hybridized carbons (Fsp3) is 0.692. The lowest BCUT2D eigenvalue weighted by Crippen LogP contribution is -2.42. The molecule has 1 aromatic heterocycles. The van der Waals surface area contributed by atoms with E-state index >= 15 is 0 Å². The van der Waals surface area contributed by atoms with Crippen molar-refractivity contribution in [1.82, 2.24) is 10.0 Å². The van der Waals surface area contributed by atoms with Crippen LogP contribution in [-0.2, 0) is 16.6 Å². The fourth-order valence-electron chi connectivity index (χ4n) is 1.39. The molecule has 0 atom stereocenters. The highest BCUT2D eigenvalue weighted by atomic mass is 32.2. The van der Waals surface area contributed by atoms with E-state index in [0.29, 0.717) is 16.8 Å². The summed E-state index contributed by atoms with van der Waals surface area (Å²) in [6, 6.07) is 2.13. The summed E-state index contributed by atoms with van der Waals surface area (Å²) in [5, 5.41) is 5.17. The number of hydrogen-bond donors (Lipinski definition) is 2. The van der Waals surface area contributed by atoms with Crippen LogP contribution < -0.4 is 10.0 Å². The Morgan fingerprint density at radius 1 is 1.37 bits per heavy atom. The molecule has 0 fully saturated rings. The van der Waals surface area contributed by atoms with E-state index in [2.05, 4.69) is 23.9 Å². The van der Waals surface area contributed by atoms with Gasteiger partial charge in [0.2, 0.25) is 0 Å². The van der Waals surface area contributed by atoms with Crippen LogP contribution in [0.25, 0.3) is 0 Å². The minimum atomic E-state index is -3.41. The average Bonchev–Trinajstić information content (AvgIpc) is 2.74. The van der Waals surface area contributed by atoms with E-state index in [1.807, 2.05) is 26.2 Å². The second kappa shape index (κ2) is 6.35. The maximum absolute atomic E-state index is 12.2. The summed E-state index contributed by atoms with van der Waals surface area (Å²) >= 11 is 1.27. The molecule has 0 spiro atoms. The minimum absolute atomic E-state index is 0.384. The summed E-state index contributed by atoms with van der Waals surface area (Å²) in [5.41, 5.74) is 0.590. The molecule has 4 nitrogen and oxygen atoms in total. The lowest BCUT2D eigenvalue weighted by atomic mass is 10.0. The van der Waals surface area contributed by atoms with Crippen molar-refractivity contribution in [1.29, 1.82) is 0 Å². The van der Waals surface area contributed by atoms with Crippen LogP contribution >= 0.6 is 11.3 Å². The topological polar surface area (TPSA) is 58.2 Å². The Hall–Kier alpha value is -0.430. The monoisotopic (exact) mass is 304 g/mol. The van der Waals surface area contributed by atoms with Gasteiger partial charge < -0.3 is 5.32 Å². The first-order valence-electron chi connectivity index (χ1n) is 6.51. The molecule has 0 aromatic carbocycles. The third-order valence-corrected chi connectivity index (χ3v) is 6.09. The summed E-state index contributed by atoms with van der Waals surface area (Å²) in [4.78, 5) is 0. The molecule has 0 aliphatic rings. The Labute approximate surface area is 120 Å². The van der Waals surface area contributed by atoms with Crippen molar-refractivity contribution < 1.29 is 8.42 Å². The third kappa shape index (κ3) is 5.22. The maximum Gasteiger partial charge on any atom is 0.250 e. The van der Waals surface area contributed by atoms with E-state index < -0.39 is 15.6 Å². The second-order valence-corrected chi connectivity index (χ2v) is 8.47. The molecule has 110 valence electrons. The highest BCUT2D eigenvalue weighted by Gasteiger charge is 2.25. The largest absolute Gasteiger partial charge is 0.310 e. The zero-order chi connectivity index (χ0) is 14.7. The molecule has 6 heteroatoms. The van der Waals surface area contributed by atoms with Gasteiger partial charge in [0, 0.05) is 18.1 Å². The van der Waals surface area contributed by atoms with Crippen LogP contribution in [0, 0.1) is 0 Å². The molecule has 1 rings (SSSR count). The van der Waals surface area contributed by atoms with Crippen molar-refractivity contribution >= 4 is 21.4 Å². The van der Waals surface area contributed by atoms with E-state index in [1.165, 1.54) is 11.3 Å². The van der Waals surface area contributed by atoms with E-state index in [-0.39, 0.29) is 0 Å². The Kier molecular flexibility index (Phi) is 5.55. The van der Waals surface area contributed by atoms with Crippen LogP contribution in [-0.4, -0.2) is 20.0 Å². The molecule has 2 N–H and O–H groups in total. The van der Waals surface area contributed by atoms with Crippen molar-refractivity contribution in [2.45, 2.75) is 63.4 Å². The Morgan fingerprint density at radius 3 is 2.53 bits per heavy atom. The van der Waals surface area contributed by atoms with Gasteiger partial charge in [0.15, 0.2) is 0 Å². The summed E-state index contributed by atoms with van der Waals surface area (Å²) in [7, 11) is -3.41. The molecule has 0 radical (unpaired) electrons. The first kappa shape index (κ1) is 16.6. The zero-order valence-electron chi connectivity index (χ0n) is 12.3. The first-order valence-corrected chi connectivity index (χ1v) is 8.87. The number of nitrogens with one attached hydrogen (secondary N) is 2. The normalized spacial score (nSPS) is 13.2. The molecular weight excluding hydrogens is 280 g/mol. The fourth-order valence-corrected chi connectivity index (χ4v) is 4.09. The van der Waals surface area contributed by atoms with Gasteiger partial charge in [0.05, 0.1) is 0 Å². The smallest absolute Gasteiger partial charge is 0.250 e.